The molecule has 2 aromatic heterocycles. The second kappa shape index (κ2) is 6.96. The van der Waals surface area contributed by atoms with E-state index in [9.17, 15) is 4.79 Å². The van der Waals surface area contributed by atoms with Crippen molar-refractivity contribution in [2.75, 3.05) is 6.61 Å². The molecule has 8 heteroatoms. The monoisotopic (exact) mass is 272 g/mol. The van der Waals surface area contributed by atoms with Crippen molar-refractivity contribution in [3.8, 4) is 11.8 Å². The summed E-state index contributed by atoms with van der Waals surface area (Å²) in [5, 5.41) is 24.3. The normalized spacial score (nSPS) is 9.65. The number of H-pyrrole nitrogens is 1. The summed E-state index contributed by atoms with van der Waals surface area (Å²) >= 11 is 0. The van der Waals surface area contributed by atoms with Crippen molar-refractivity contribution in [2.45, 2.75) is 13.0 Å². The van der Waals surface area contributed by atoms with E-state index in [1.165, 1.54) is 6.20 Å². The van der Waals surface area contributed by atoms with Gasteiger partial charge in [-0.25, -0.2) is 4.98 Å². The first-order chi connectivity index (χ1) is 9.79. The van der Waals surface area contributed by atoms with Gasteiger partial charge in [-0.05, 0) is 12.1 Å². The minimum absolute atomic E-state index is 0.0248. The average Bonchev–Trinajstić information content (AvgIpc) is 2.99. The Labute approximate surface area is 114 Å². The predicted octanol–water partition coefficient (Wildman–Crippen LogP) is -0.741. The Morgan fingerprint density at radius 2 is 2.35 bits per heavy atom. The number of amides is 1. The molecule has 0 aliphatic rings. The Hall–Kier alpha value is -2.79. The molecule has 0 spiro atoms. The minimum Gasteiger partial charge on any atom is -0.395 e. The third-order valence-corrected chi connectivity index (χ3v) is 2.26. The minimum atomic E-state index is -0.329. The van der Waals surface area contributed by atoms with E-state index >= 15 is 0 Å². The van der Waals surface area contributed by atoms with Crippen LogP contribution < -0.4 is 5.32 Å². The standard InChI is InChI=1S/C12H12N6O2/c19-6-2-1-3-9-4-5-10(13-7-9)12(20)14-8-11-15-17-18-16-11/h4-5,7,19H,2,6,8H2,(H,14,20)(H,15,16,17,18). The molecule has 0 aliphatic heterocycles. The second-order valence-corrected chi connectivity index (χ2v) is 3.72. The zero-order valence-electron chi connectivity index (χ0n) is 10.5. The van der Waals surface area contributed by atoms with E-state index in [2.05, 4.69) is 42.8 Å². The Bertz CT molecular complexity index is 612. The number of rotatable bonds is 4. The van der Waals surface area contributed by atoms with Gasteiger partial charge in [0.15, 0.2) is 5.82 Å². The van der Waals surface area contributed by atoms with Gasteiger partial charge in [0.25, 0.3) is 5.91 Å². The predicted molar refractivity (Wildman–Crippen MR) is 68.2 cm³/mol. The number of tetrazole rings is 1. The molecular weight excluding hydrogens is 260 g/mol. The number of aromatic nitrogens is 5. The van der Waals surface area contributed by atoms with E-state index in [-0.39, 0.29) is 24.8 Å². The maximum atomic E-state index is 11.8. The average molecular weight is 272 g/mol. The maximum absolute atomic E-state index is 11.8. The van der Waals surface area contributed by atoms with Gasteiger partial charge in [-0.3, -0.25) is 4.79 Å². The number of aliphatic hydroxyl groups is 1. The van der Waals surface area contributed by atoms with Crippen molar-refractivity contribution in [2.24, 2.45) is 0 Å². The summed E-state index contributed by atoms with van der Waals surface area (Å²) in [5.74, 6) is 5.67. The van der Waals surface area contributed by atoms with Gasteiger partial charge in [-0.1, -0.05) is 17.1 Å². The summed E-state index contributed by atoms with van der Waals surface area (Å²) in [6, 6.07) is 3.27. The number of nitrogens with one attached hydrogen (secondary N) is 2. The number of pyridine rings is 1. The molecule has 0 radical (unpaired) electrons. The van der Waals surface area contributed by atoms with E-state index in [0.29, 0.717) is 17.8 Å². The Balaban J connectivity index is 1.92. The molecule has 2 aromatic rings. The van der Waals surface area contributed by atoms with Crippen LogP contribution >= 0.6 is 0 Å². The van der Waals surface area contributed by atoms with E-state index in [4.69, 9.17) is 5.11 Å². The molecule has 8 nitrogen and oxygen atoms in total. The number of aliphatic hydroxyl groups excluding tert-OH is 1. The molecule has 0 atom stereocenters. The van der Waals surface area contributed by atoms with Crippen LogP contribution in [0.3, 0.4) is 0 Å². The van der Waals surface area contributed by atoms with Crippen molar-refractivity contribution in [3.05, 3.63) is 35.4 Å². The van der Waals surface area contributed by atoms with Crippen LogP contribution in [0.5, 0.6) is 0 Å². The summed E-state index contributed by atoms with van der Waals surface area (Å²) < 4.78 is 0. The molecule has 3 N–H and O–H groups in total. The van der Waals surface area contributed by atoms with Crippen molar-refractivity contribution in [1.82, 2.24) is 30.9 Å². The largest absolute Gasteiger partial charge is 0.395 e. The van der Waals surface area contributed by atoms with E-state index < -0.39 is 0 Å². The second-order valence-electron chi connectivity index (χ2n) is 3.72. The van der Waals surface area contributed by atoms with Crippen molar-refractivity contribution in [3.63, 3.8) is 0 Å². The number of carbonyl (C=O) groups excluding carboxylic acids is 1. The third-order valence-electron chi connectivity index (χ3n) is 2.26. The maximum Gasteiger partial charge on any atom is 0.270 e. The molecular formula is C12H12N6O2. The smallest absolute Gasteiger partial charge is 0.270 e. The van der Waals surface area contributed by atoms with E-state index in [1.54, 1.807) is 12.1 Å². The molecule has 0 unspecified atom stereocenters. The summed E-state index contributed by atoms with van der Waals surface area (Å²) in [4.78, 5) is 15.8. The highest BCUT2D eigenvalue weighted by Crippen LogP contribution is 1.99. The van der Waals surface area contributed by atoms with Gasteiger partial charge in [0.05, 0.1) is 13.2 Å². The van der Waals surface area contributed by atoms with Crippen LogP contribution in [0, 0.1) is 11.8 Å². The van der Waals surface area contributed by atoms with Crippen LogP contribution in [0.2, 0.25) is 0 Å². The molecule has 2 heterocycles. The van der Waals surface area contributed by atoms with Crippen LogP contribution in [0.25, 0.3) is 0 Å². The Morgan fingerprint density at radius 1 is 1.45 bits per heavy atom. The molecule has 0 bridgehead atoms. The van der Waals surface area contributed by atoms with Crippen molar-refractivity contribution < 1.29 is 9.90 Å². The summed E-state index contributed by atoms with van der Waals surface area (Å²) in [6.45, 7) is 0.200. The zero-order valence-corrected chi connectivity index (χ0v) is 10.5. The highest BCUT2D eigenvalue weighted by molar-refractivity contribution is 5.92. The van der Waals surface area contributed by atoms with Crippen LogP contribution in [-0.4, -0.2) is 43.2 Å². The highest BCUT2D eigenvalue weighted by atomic mass is 16.2. The lowest BCUT2D eigenvalue weighted by molar-refractivity contribution is 0.0945. The quantitative estimate of drug-likeness (QED) is 0.631. The molecule has 0 saturated heterocycles. The third kappa shape index (κ3) is 3.86. The lowest BCUT2D eigenvalue weighted by Gasteiger charge is -2.01. The molecule has 0 aliphatic carbocycles. The Kier molecular flexibility index (Phi) is 4.75. The SMILES string of the molecule is O=C(NCc1nn[nH]n1)c1ccc(C#CCCO)cn1. The zero-order chi connectivity index (χ0) is 14.2. The van der Waals surface area contributed by atoms with Gasteiger partial charge in [-0.15, -0.1) is 10.2 Å². The van der Waals surface area contributed by atoms with Gasteiger partial charge >= 0.3 is 0 Å². The van der Waals surface area contributed by atoms with Crippen LogP contribution in [0.15, 0.2) is 18.3 Å². The number of hydrogen-bond donors (Lipinski definition) is 3. The van der Waals surface area contributed by atoms with Crippen LogP contribution in [0.1, 0.15) is 28.3 Å². The van der Waals surface area contributed by atoms with Crippen molar-refractivity contribution in [1.29, 1.82) is 0 Å². The molecule has 0 saturated carbocycles. The molecule has 102 valence electrons. The van der Waals surface area contributed by atoms with Gasteiger partial charge in [0.2, 0.25) is 0 Å². The fraction of sp³-hybridized carbons (Fsp3) is 0.250. The van der Waals surface area contributed by atoms with Gasteiger partial charge in [0, 0.05) is 18.2 Å². The summed E-state index contributed by atoms with van der Waals surface area (Å²) in [6.07, 6.45) is 1.92. The molecule has 0 fully saturated rings. The first kappa shape index (κ1) is 13.6. The Morgan fingerprint density at radius 3 is 3.00 bits per heavy atom. The van der Waals surface area contributed by atoms with Crippen LogP contribution in [-0.2, 0) is 6.54 Å². The first-order valence-corrected chi connectivity index (χ1v) is 5.86. The van der Waals surface area contributed by atoms with E-state index in [1.807, 2.05) is 0 Å². The van der Waals surface area contributed by atoms with Crippen LogP contribution in [0.4, 0.5) is 0 Å². The number of hydrogen-bond acceptors (Lipinski definition) is 6. The molecule has 0 aromatic carbocycles. The van der Waals surface area contributed by atoms with Gasteiger partial charge < -0.3 is 10.4 Å². The van der Waals surface area contributed by atoms with Crippen molar-refractivity contribution >= 4 is 5.91 Å². The molecule has 1 amide bonds. The van der Waals surface area contributed by atoms with Gasteiger partial charge in [0.1, 0.15) is 5.69 Å². The molecule has 2 rings (SSSR count). The number of carbonyl (C=O) groups is 1. The molecule has 20 heavy (non-hydrogen) atoms. The highest BCUT2D eigenvalue weighted by Gasteiger charge is 2.07. The lowest BCUT2D eigenvalue weighted by Crippen LogP contribution is -2.24. The summed E-state index contributed by atoms with van der Waals surface area (Å²) in [5.41, 5.74) is 0.967. The number of aromatic amines is 1. The number of nitrogens with zero attached hydrogens (tertiary/aromatic N) is 4. The van der Waals surface area contributed by atoms with E-state index in [0.717, 1.165) is 0 Å². The van der Waals surface area contributed by atoms with Gasteiger partial charge in [-0.2, -0.15) is 5.21 Å². The topological polar surface area (TPSA) is 117 Å². The fourth-order valence-electron chi connectivity index (χ4n) is 1.33. The first-order valence-electron chi connectivity index (χ1n) is 5.86. The lowest BCUT2D eigenvalue weighted by atomic mass is 10.2. The summed E-state index contributed by atoms with van der Waals surface area (Å²) in [7, 11) is 0. The fourth-order valence-corrected chi connectivity index (χ4v) is 1.33.